The fourth-order valence-electron chi connectivity index (χ4n) is 1.31. The zero-order valence-corrected chi connectivity index (χ0v) is 10.6. The van der Waals surface area contributed by atoms with Gasteiger partial charge in [0.2, 0.25) is 0 Å². The molecule has 0 aliphatic rings. The summed E-state index contributed by atoms with van der Waals surface area (Å²) in [4.78, 5) is 10.7. The predicted molar refractivity (Wildman–Crippen MR) is 66.9 cm³/mol. The number of ether oxygens (including phenoxy) is 4. The zero-order valence-electron chi connectivity index (χ0n) is 10.6. The molecule has 0 saturated carbocycles. The van der Waals surface area contributed by atoms with E-state index in [4.69, 9.17) is 14.2 Å². The maximum Gasteiger partial charge on any atom is 0.508 e. The quantitative estimate of drug-likeness (QED) is 0.753. The summed E-state index contributed by atoms with van der Waals surface area (Å²) in [5.41, 5.74) is 0.867. The van der Waals surface area contributed by atoms with Gasteiger partial charge in [-0.1, -0.05) is 6.08 Å². The van der Waals surface area contributed by atoms with Gasteiger partial charge in [0.25, 0.3) is 0 Å². The van der Waals surface area contributed by atoms with Crippen LogP contribution in [0.15, 0.2) is 24.3 Å². The van der Waals surface area contributed by atoms with E-state index in [0.29, 0.717) is 5.75 Å². The van der Waals surface area contributed by atoms with Crippen LogP contribution in [0.3, 0.4) is 0 Å². The van der Waals surface area contributed by atoms with E-state index in [1.807, 2.05) is 12.1 Å². The van der Waals surface area contributed by atoms with Crippen molar-refractivity contribution in [3.8, 4) is 11.5 Å². The third-order valence-electron chi connectivity index (χ3n) is 2.20. The number of methoxy groups -OCH3 is 3. The molecule has 0 aromatic heterocycles. The van der Waals surface area contributed by atoms with Crippen molar-refractivity contribution in [2.45, 2.75) is 0 Å². The third-order valence-corrected chi connectivity index (χ3v) is 2.20. The van der Waals surface area contributed by atoms with Crippen LogP contribution < -0.4 is 9.47 Å². The van der Waals surface area contributed by atoms with Crippen molar-refractivity contribution in [3.63, 3.8) is 0 Å². The predicted octanol–water partition coefficient (Wildman–Crippen LogP) is 2.50. The molecule has 1 aromatic carbocycles. The number of hydrogen-bond acceptors (Lipinski definition) is 5. The molecule has 0 fully saturated rings. The second-order valence-corrected chi connectivity index (χ2v) is 3.28. The van der Waals surface area contributed by atoms with Gasteiger partial charge in [0, 0.05) is 11.6 Å². The van der Waals surface area contributed by atoms with Crippen LogP contribution in [0, 0.1) is 0 Å². The lowest BCUT2D eigenvalue weighted by Gasteiger charge is -2.07. The topological polar surface area (TPSA) is 54.0 Å². The molecule has 1 rings (SSSR count). The van der Waals surface area contributed by atoms with E-state index in [2.05, 4.69) is 4.74 Å². The second kappa shape index (κ2) is 7.21. The van der Waals surface area contributed by atoms with Crippen LogP contribution in [0.1, 0.15) is 5.56 Å². The van der Waals surface area contributed by atoms with Gasteiger partial charge >= 0.3 is 6.16 Å². The first kappa shape index (κ1) is 13.9. The lowest BCUT2D eigenvalue weighted by molar-refractivity contribution is 0.0819. The van der Waals surface area contributed by atoms with Crippen molar-refractivity contribution in [2.24, 2.45) is 0 Å². The minimum Gasteiger partial charge on any atom is -0.497 e. The van der Waals surface area contributed by atoms with Gasteiger partial charge in [-0.2, -0.15) is 0 Å². The molecule has 0 N–H and O–H groups in total. The summed E-state index contributed by atoms with van der Waals surface area (Å²) in [6, 6.07) is 5.45. The average molecular weight is 252 g/mol. The molecule has 0 aliphatic heterocycles. The van der Waals surface area contributed by atoms with Crippen LogP contribution in [0.2, 0.25) is 0 Å². The minimum absolute atomic E-state index is 0.141. The van der Waals surface area contributed by atoms with Crippen LogP contribution in [0.4, 0.5) is 4.79 Å². The molecule has 0 aliphatic carbocycles. The summed E-state index contributed by atoms with van der Waals surface area (Å²) < 4.78 is 19.4. The van der Waals surface area contributed by atoms with Crippen molar-refractivity contribution >= 4 is 12.2 Å². The molecule has 1 aromatic rings. The third kappa shape index (κ3) is 4.01. The van der Waals surface area contributed by atoms with E-state index >= 15 is 0 Å². The molecule has 0 spiro atoms. The molecular weight excluding hydrogens is 236 g/mol. The molecule has 18 heavy (non-hydrogen) atoms. The summed E-state index contributed by atoms with van der Waals surface area (Å²) in [5.74, 6) is 1.40. The maximum absolute atomic E-state index is 10.7. The standard InChI is InChI=1S/C13H16O5/c1-15-11-7-6-10(12(9-11)16-2)5-4-8-18-13(14)17-3/h4-7,9H,8H2,1-3H3/b5-4+. The SMILES string of the molecule is COC(=O)OC/C=C/c1ccc(OC)cc1OC. The van der Waals surface area contributed by atoms with Crippen molar-refractivity contribution in [3.05, 3.63) is 29.8 Å². The van der Waals surface area contributed by atoms with E-state index in [1.165, 1.54) is 7.11 Å². The van der Waals surface area contributed by atoms with Gasteiger partial charge in [0.1, 0.15) is 18.1 Å². The van der Waals surface area contributed by atoms with Crippen molar-refractivity contribution in [1.82, 2.24) is 0 Å². The molecule has 5 heteroatoms. The monoisotopic (exact) mass is 252 g/mol. The summed E-state index contributed by atoms with van der Waals surface area (Å²) >= 11 is 0. The first-order valence-corrected chi connectivity index (χ1v) is 5.30. The van der Waals surface area contributed by atoms with E-state index in [1.54, 1.807) is 32.4 Å². The van der Waals surface area contributed by atoms with Crippen molar-refractivity contribution in [1.29, 1.82) is 0 Å². The van der Waals surface area contributed by atoms with Gasteiger partial charge in [-0.25, -0.2) is 4.79 Å². The van der Waals surface area contributed by atoms with Crippen LogP contribution in [-0.2, 0) is 9.47 Å². The number of benzene rings is 1. The van der Waals surface area contributed by atoms with E-state index < -0.39 is 6.16 Å². The van der Waals surface area contributed by atoms with Crippen LogP contribution in [0.5, 0.6) is 11.5 Å². The maximum atomic E-state index is 10.7. The first-order chi connectivity index (χ1) is 8.71. The van der Waals surface area contributed by atoms with Gasteiger partial charge in [0.15, 0.2) is 0 Å². The number of hydrogen-bond donors (Lipinski definition) is 0. The van der Waals surface area contributed by atoms with E-state index in [9.17, 15) is 4.79 Å². The molecule has 0 bridgehead atoms. The Balaban J connectivity index is 2.66. The van der Waals surface area contributed by atoms with Gasteiger partial charge in [-0.15, -0.1) is 0 Å². The Morgan fingerprint density at radius 1 is 1.22 bits per heavy atom. The lowest BCUT2D eigenvalue weighted by Crippen LogP contribution is -2.03. The van der Waals surface area contributed by atoms with Gasteiger partial charge in [-0.05, 0) is 18.2 Å². The molecule has 98 valence electrons. The fraction of sp³-hybridized carbons (Fsp3) is 0.308. The largest absolute Gasteiger partial charge is 0.508 e. The van der Waals surface area contributed by atoms with Crippen molar-refractivity contribution < 1.29 is 23.7 Å². The normalized spacial score (nSPS) is 10.2. The summed E-state index contributed by atoms with van der Waals surface area (Å²) in [6.45, 7) is 0.141. The Morgan fingerprint density at radius 2 is 2.00 bits per heavy atom. The molecule has 0 heterocycles. The van der Waals surface area contributed by atoms with Gasteiger partial charge in [-0.3, -0.25) is 0 Å². The highest BCUT2D eigenvalue weighted by Crippen LogP contribution is 2.25. The Morgan fingerprint density at radius 3 is 2.61 bits per heavy atom. The Bertz CT molecular complexity index is 425. The molecule has 0 radical (unpaired) electrons. The number of rotatable bonds is 5. The lowest BCUT2D eigenvalue weighted by atomic mass is 10.2. The smallest absolute Gasteiger partial charge is 0.497 e. The average Bonchev–Trinajstić information content (AvgIpc) is 2.43. The second-order valence-electron chi connectivity index (χ2n) is 3.28. The van der Waals surface area contributed by atoms with Gasteiger partial charge in [0.05, 0.1) is 21.3 Å². The Kier molecular flexibility index (Phi) is 5.57. The molecule has 0 saturated heterocycles. The zero-order chi connectivity index (χ0) is 13.4. The molecular formula is C13H16O5. The summed E-state index contributed by atoms with van der Waals surface area (Å²) in [7, 11) is 4.43. The number of carbonyl (C=O) groups excluding carboxylic acids is 1. The first-order valence-electron chi connectivity index (χ1n) is 5.30. The molecule has 0 amide bonds. The summed E-state index contributed by atoms with van der Waals surface area (Å²) in [6.07, 6.45) is 2.78. The molecule has 0 atom stereocenters. The number of carbonyl (C=O) groups is 1. The Labute approximate surface area is 106 Å². The fourth-order valence-corrected chi connectivity index (χ4v) is 1.31. The highest BCUT2D eigenvalue weighted by molar-refractivity contribution is 5.61. The van der Waals surface area contributed by atoms with Crippen LogP contribution in [-0.4, -0.2) is 34.1 Å². The Hall–Kier alpha value is -2.17. The highest BCUT2D eigenvalue weighted by Gasteiger charge is 2.02. The summed E-state index contributed by atoms with van der Waals surface area (Å²) in [5, 5.41) is 0. The highest BCUT2D eigenvalue weighted by atomic mass is 16.7. The van der Waals surface area contributed by atoms with E-state index in [0.717, 1.165) is 11.3 Å². The van der Waals surface area contributed by atoms with Crippen LogP contribution in [0.25, 0.3) is 6.08 Å². The minimum atomic E-state index is -0.707. The van der Waals surface area contributed by atoms with Crippen LogP contribution >= 0.6 is 0 Å². The molecule has 0 unspecified atom stereocenters. The van der Waals surface area contributed by atoms with Crippen molar-refractivity contribution in [2.75, 3.05) is 27.9 Å². The van der Waals surface area contributed by atoms with Gasteiger partial charge < -0.3 is 18.9 Å². The van der Waals surface area contributed by atoms with E-state index in [-0.39, 0.29) is 6.61 Å². The molecule has 5 nitrogen and oxygen atoms in total.